The largest absolute Gasteiger partial charge is 0.444 e. The SMILES string of the molecule is Cc1ccc(S(=O)(=O)O[C@@H]2COC3(CCN(C(=O)OC(C)(C)C)CC3)C2)cc1. The second kappa shape index (κ2) is 7.65. The Bertz CT molecular complexity index is 804. The minimum absolute atomic E-state index is 0.152. The average Bonchev–Trinajstić information content (AvgIpc) is 2.96. The number of aryl methyl sites for hydroxylation is 1. The van der Waals surface area contributed by atoms with Crippen molar-refractivity contribution in [3.63, 3.8) is 0 Å². The molecule has 3 rings (SSSR count). The van der Waals surface area contributed by atoms with Gasteiger partial charge in [-0.25, -0.2) is 4.79 Å². The summed E-state index contributed by atoms with van der Waals surface area (Å²) in [5.41, 5.74) is 0.0181. The molecule has 0 aromatic heterocycles. The molecular weight excluding hydrogens is 382 g/mol. The van der Waals surface area contributed by atoms with Crippen LogP contribution in [0.15, 0.2) is 29.2 Å². The molecule has 2 aliphatic heterocycles. The van der Waals surface area contributed by atoms with Crippen molar-refractivity contribution in [1.29, 1.82) is 0 Å². The van der Waals surface area contributed by atoms with Crippen LogP contribution in [-0.4, -0.2) is 56.4 Å². The number of benzene rings is 1. The molecule has 0 unspecified atom stereocenters. The highest BCUT2D eigenvalue weighted by Gasteiger charge is 2.45. The summed E-state index contributed by atoms with van der Waals surface area (Å²) in [5.74, 6) is 0. The maximum atomic E-state index is 12.5. The number of hydrogen-bond acceptors (Lipinski definition) is 6. The Morgan fingerprint density at radius 1 is 1.18 bits per heavy atom. The third-order valence-electron chi connectivity index (χ3n) is 5.07. The van der Waals surface area contributed by atoms with E-state index in [1.54, 1.807) is 29.2 Å². The Labute approximate surface area is 167 Å². The van der Waals surface area contributed by atoms with Gasteiger partial charge in [0.15, 0.2) is 0 Å². The van der Waals surface area contributed by atoms with Crippen molar-refractivity contribution in [3.8, 4) is 0 Å². The summed E-state index contributed by atoms with van der Waals surface area (Å²) < 4.78 is 41.8. The lowest BCUT2D eigenvalue weighted by molar-refractivity contribution is -0.0490. The first-order valence-electron chi connectivity index (χ1n) is 9.60. The highest BCUT2D eigenvalue weighted by atomic mass is 32.2. The lowest BCUT2D eigenvalue weighted by Crippen LogP contribution is -2.48. The molecule has 1 aromatic carbocycles. The fourth-order valence-electron chi connectivity index (χ4n) is 3.58. The van der Waals surface area contributed by atoms with Crippen LogP contribution in [0, 0.1) is 6.92 Å². The van der Waals surface area contributed by atoms with Gasteiger partial charge in [0.1, 0.15) is 11.7 Å². The van der Waals surface area contributed by atoms with Gasteiger partial charge in [0.2, 0.25) is 0 Å². The van der Waals surface area contributed by atoms with Gasteiger partial charge in [-0.2, -0.15) is 8.42 Å². The molecule has 8 heteroatoms. The van der Waals surface area contributed by atoms with Crippen LogP contribution < -0.4 is 0 Å². The predicted octanol–water partition coefficient (Wildman–Crippen LogP) is 3.26. The third-order valence-corrected chi connectivity index (χ3v) is 6.45. The van der Waals surface area contributed by atoms with E-state index in [2.05, 4.69) is 0 Å². The minimum atomic E-state index is -3.82. The van der Waals surface area contributed by atoms with Crippen molar-refractivity contribution in [2.45, 2.75) is 69.2 Å². The van der Waals surface area contributed by atoms with E-state index >= 15 is 0 Å². The first-order valence-corrected chi connectivity index (χ1v) is 11.0. The van der Waals surface area contributed by atoms with Crippen molar-refractivity contribution in [1.82, 2.24) is 4.90 Å². The lowest BCUT2D eigenvalue weighted by atomic mass is 9.88. The van der Waals surface area contributed by atoms with Gasteiger partial charge in [-0.1, -0.05) is 17.7 Å². The van der Waals surface area contributed by atoms with Crippen LogP contribution >= 0.6 is 0 Å². The molecule has 2 saturated heterocycles. The molecule has 28 heavy (non-hydrogen) atoms. The summed E-state index contributed by atoms with van der Waals surface area (Å²) in [6.45, 7) is 8.69. The molecule has 0 bridgehead atoms. The van der Waals surface area contributed by atoms with E-state index in [0.29, 0.717) is 32.4 Å². The van der Waals surface area contributed by atoms with E-state index in [0.717, 1.165) is 5.56 Å². The van der Waals surface area contributed by atoms with Gasteiger partial charge in [0.05, 0.1) is 17.1 Å². The van der Waals surface area contributed by atoms with Gasteiger partial charge in [0.25, 0.3) is 10.1 Å². The number of likely N-dealkylation sites (tertiary alicyclic amines) is 1. The molecule has 0 saturated carbocycles. The summed E-state index contributed by atoms with van der Waals surface area (Å²) in [5, 5.41) is 0. The van der Waals surface area contributed by atoms with E-state index in [-0.39, 0.29) is 17.6 Å². The predicted molar refractivity (Wildman–Crippen MR) is 104 cm³/mol. The first-order chi connectivity index (χ1) is 13.0. The van der Waals surface area contributed by atoms with Crippen LogP contribution in [0.3, 0.4) is 0 Å². The first kappa shape index (κ1) is 21.1. The van der Waals surface area contributed by atoms with E-state index in [9.17, 15) is 13.2 Å². The number of carbonyl (C=O) groups excluding carboxylic acids is 1. The number of rotatable bonds is 3. The average molecular weight is 412 g/mol. The van der Waals surface area contributed by atoms with Gasteiger partial charge >= 0.3 is 6.09 Å². The Morgan fingerprint density at radius 3 is 2.36 bits per heavy atom. The molecule has 7 nitrogen and oxygen atoms in total. The van der Waals surface area contributed by atoms with Crippen molar-refractivity contribution >= 4 is 16.2 Å². The third kappa shape index (κ3) is 5.04. The van der Waals surface area contributed by atoms with E-state index < -0.39 is 27.4 Å². The van der Waals surface area contributed by atoms with Crippen molar-refractivity contribution in [2.75, 3.05) is 19.7 Å². The normalized spacial score (nSPS) is 22.4. The van der Waals surface area contributed by atoms with Crippen molar-refractivity contribution < 1.29 is 26.9 Å². The Morgan fingerprint density at radius 2 is 1.79 bits per heavy atom. The second-order valence-corrected chi connectivity index (χ2v) is 10.2. The zero-order chi connectivity index (χ0) is 20.6. The zero-order valence-corrected chi connectivity index (χ0v) is 17.8. The molecule has 0 N–H and O–H groups in total. The van der Waals surface area contributed by atoms with Crippen LogP contribution in [0.1, 0.15) is 45.6 Å². The second-order valence-electron chi connectivity index (χ2n) is 8.65. The summed E-state index contributed by atoms with van der Waals surface area (Å²) >= 11 is 0. The number of amides is 1. The lowest BCUT2D eigenvalue weighted by Gasteiger charge is -2.38. The Balaban J connectivity index is 1.56. The number of carbonyl (C=O) groups is 1. The molecule has 156 valence electrons. The summed E-state index contributed by atoms with van der Waals surface area (Å²) in [4.78, 5) is 14.0. The molecule has 1 spiro atoms. The topological polar surface area (TPSA) is 82.1 Å². The van der Waals surface area contributed by atoms with E-state index in [1.807, 2.05) is 27.7 Å². The van der Waals surface area contributed by atoms with Crippen LogP contribution in [0.5, 0.6) is 0 Å². The molecule has 0 aliphatic carbocycles. The molecule has 2 aliphatic rings. The van der Waals surface area contributed by atoms with Crippen molar-refractivity contribution in [2.24, 2.45) is 0 Å². The summed E-state index contributed by atoms with van der Waals surface area (Å²) in [6.07, 6.45) is 0.933. The Kier molecular flexibility index (Phi) is 5.76. The number of nitrogens with zero attached hydrogens (tertiary/aromatic N) is 1. The summed E-state index contributed by atoms with van der Waals surface area (Å²) in [6, 6.07) is 6.59. The van der Waals surface area contributed by atoms with Gasteiger partial charge < -0.3 is 14.4 Å². The minimum Gasteiger partial charge on any atom is -0.444 e. The number of ether oxygens (including phenoxy) is 2. The van der Waals surface area contributed by atoms with Gasteiger partial charge in [-0.05, 0) is 52.7 Å². The van der Waals surface area contributed by atoms with Gasteiger partial charge in [-0.15, -0.1) is 0 Å². The smallest absolute Gasteiger partial charge is 0.410 e. The molecule has 1 amide bonds. The van der Waals surface area contributed by atoms with Crippen LogP contribution in [0.25, 0.3) is 0 Å². The molecule has 2 heterocycles. The highest BCUT2D eigenvalue weighted by Crippen LogP contribution is 2.38. The van der Waals surface area contributed by atoms with E-state index in [1.165, 1.54) is 0 Å². The summed E-state index contributed by atoms with van der Waals surface area (Å²) in [7, 11) is -3.82. The van der Waals surface area contributed by atoms with E-state index in [4.69, 9.17) is 13.7 Å². The fraction of sp³-hybridized carbons (Fsp3) is 0.650. The Hall–Kier alpha value is -1.64. The van der Waals surface area contributed by atoms with Crippen LogP contribution in [0.4, 0.5) is 4.79 Å². The number of hydrogen-bond donors (Lipinski definition) is 0. The van der Waals surface area contributed by atoms with Crippen molar-refractivity contribution in [3.05, 3.63) is 29.8 Å². The van der Waals surface area contributed by atoms with Crippen LogP contribution in [-0.2, 0) is 23.8 Å². The standard InChI is InChI=1S/C20H29NO6S/c1-15-5-7-17(8-6-15)28(23,24)27-16-13-20(25-14-16)9-11-21(12-10-20)18(22)26-19(2,3)4/h5-8,16H,9-14H2,1-4H3/t16-/m0/s1. The van der Waals surface area contributed by atoms with Gasteiger partial charge in [-0.3, -0.25) is 4.18 Å². The number of piperidine rings is 1. The fourth-order valence-corrected chi connectivity index (χ4v) is 4.64. The molecule has 1 atom stereocenters. The molecule has 0 radical (unpaired) electrons. The van der Waals surface area contributed by atoms with Crippen LogP contribution in [0.2, 0.25) is 0 Å². The zero-order valence-electron chi connectivity index (χ0n) is 16.9. The molecular formula is C20H29NO6S. The highest BCUT2D eigenvalue weighted by molar-refractivity contribution is 7.86. The van der Waals surface area contributed by atoms with Gasteiger partial charge in [0, 0.05) is 19.5 Å². The molecule has 1 aromatic rings. The maximum absolute atomic E-state index is 12.5. The maximum Gasteiger partial charge on any atom is 0.410 e. The quantitative estimate of drug-likeness (QED) is 0.710. The molecule has 2 fully saturated rings. The monoisotopic (exact) mass is 411 g/mol.